The van der Waals surface area contributed by atoms with E-state index in [2.05, 4.69) is 26.0 Å². The Morgan fingerprint density at radius 1 is 1.33 bits per heavy atom. The molecule has 0 N–H and O–H groups in total. The van der Waals surface area contributed by atoms with E-state index in [1.54, 1.807) is 7.11 Å². The van der Waals surface area contributed by atoms with Gasteiger partial charge in [0.2, 0.25) is 0 Å². The van der Waals surface area contributed by atoms with Crippen molar-refractivity contribution in [2.24, 2.45) is 0 Å². The Balaban J connectivity index is 1.95. The molecular formula is C15H21ClO2. The Morgan fingerprint density at radius 3 is 2.50 bits per heavy atom. The van der Waals surface area contributed by atoms with Crippen molar-refractivity contribution in [1.29, 1.82) is 0 Å². The summed E-state index contributed by atoms with van der Waals surface area (Å²) in [5.41, 5.74) is 1.36. The van der Waals surface area contributed by atoms with Gasteiger partial charge in [0.05, 0.1) is 5.38 Å². The minimum Gasteiger partial charge on any atom is -0.488 e. The summed E-state index contributed by atoms with van der Waals surface area (Å²) in [5, 5.41) is 0.0828. The molecule has 1 saturated carbocycles. The molecule has 3 heteroatoms. The summed E-state index contributed by atoms with van der Waals surface area (Å²) in [7, 11) is 1.68. The number of ether oxygens (including phenoxy) is 2. The SMILES string of the molecule is CCC(C)c1ccc(OC2CC(Cl)C2OC)cc1. The standard InChI is InChI=1S/C15H21ClO2/c1-4-10(2)11-5-7-12(8-6-11)18-14-9-13(16)15(14)17-3/h5-8,10,13-15H,4,9H2,1-3H3. The Morgan fingerprint density at radius 2 is 2.00 bits per heavy atom. The quantitative estimate of drug-likeness (QED) is 0.752. The van der Waals surface area contributed by atoms with E-state index in [0.29, 0.717) is 5.92 Å². The molecule has 18 heavy (non-hydrogen) atoms. The first kappa shape index (κ1) is 13.7. The molecule has 0 radical (unpaired) electrons. The van der Waals surface area contributed by atoms with Gasteiger partial charge >= 0.3 is 0 Å². The molecule has 4 atom stereocenters. The monoisotopic (exact) mass is 268 g/mol. The normalized spacial score (nSPS) is 28.6. The van der Waals surface area contributed by atoms with Gasteiger partial charge in [0, 0.05) is 13.5 Å². The smallest absolute Gasteiger partial charge is 0.128 e. The van der Waals surface area contributed by atoms with Gasteiger partial charge in [-0.25, -0.2) is 0 Å². The average Bonchev–Trinajstić information content (AvgIpc) is 2.38. The number of alkyl halides is 1. The van der Waals surface area contributed by atoms with Crippen LogP contribution < -0.4 is 4.74 Å². The maximum Gasteiger partial charge on any atom is 0.128 e. The summed E-state index contributed by atoms with van der Waals surface area (Å²) >= 11 is 6.06. The van der Waals surface area contributed by atoms with Crippen molar-refractivity contribution in [1.82, 2.24) is 0 Å². The molecular weight excluding hydrogens is 248 g/mol. The zero-order valence-electron chi connectivity index (χ0n) is 11.2. The van der Waals surface area contributed by atoms with Crippen molar-refractivity contribution in [2.75, 3.05) is 7.11 Å². The highest BCUT2D eigenvalue weighted by Crippen LogP contribution is 2.33. The predicted molar refractivity (Wildman–Crippen MR) is 74.6 cm³/mol. The van der Waals surface area contributed by atoms with Crippen LogP contribution in [0, 0.1) is 0 Å². The topological polar surface area (TPSA) is 18.5 Å². The van der Waals surface area contributed by atoms with Crippen molar-refractivity contribution in [2.45, 2.75) is 50.2 Å². The molecule has 1 fully saturated rings. The van der Waals surface area contributed by atoms with Crippen molar-refractivity contribution < 1.29 is 9.47 Å². The number of methoxy groups -OCH3 is 1. The highest BCUT2D eigenvalue weighted by atomic mass is 35.5. The van der Waals surface area contributed by atoms with Gasteiger partial charge in [-0.3, -0.25) is 0 Å². The molecule has 1 aliphatic rings. The average molecular weight is 269 g/mol. The second-order valence-corrected chi connectivity index (χ2v) is 5.55. The summed E-state index contributed by atoms with van der Waals surface area (Å²) in [6.45, 7) is 4.44. The molecule has 4 unspecified atom stereocenters. The summed E-state index contributed by atoms with van der Waals surface area (Å²) in [5.74, 6) is 1.50. The van der Waals surface area contributed by atoms with Crippen molar-refractivity contribution in [3.63, 3.8) is 0 Å². The summed E-state index contributed by atoms with van der Waals surface area (Å²) in [6.07, 6.45) is 2.11. The fourth-order valence-electron chi connectivity index (χ4n) is 2.23. The Labute approximate surface area is 114 Å². The molecule has 2 nitrogen and oxygen atoms in total. The van der Waals surface area contributed by atoms with Gasteiger partial charge in [-0.2, -0.15) is 0 Å². The highest BCUT2D eigenvalue weighted by molar-refractivity contribution is 6.21. The molecule has 0 saturated heterocycles. The van der Waals surface area contributed by atoms with E-state index in [0.717, 1.165) is 18.6 Å². The largest absolute Gasteiger partial charge is 0.488 e. The minimum atomic E-state index is 0.0147. The Hall–Kier alpha value is -0.730. The van der Waals surface area contributed by atoms with E-state index in [1.165, 1.54) is 5.56 Å². The van der Waals surface area contributed by atoms with Crippen LogP contribution >= 0.6 is 11.6 Å². The summed E-state index contributed by atoms with van der Waals surface area (Å²) in [6, 6.07) is 8.36. The van der Waals surface area contributed by atoms with Crippen LogP contribution in [0.2, 0.25) is 0 Å². The van der Waals surface area contributed by atoms with Gasteiger partial charge < -0.3 is 9.47 Å². The lowest BCUT2D eigenvalue weighted by Crippen LogP contribution is -2.52. The molecule has 100 valence electrons. The molecule has 0 spiro atoms. The fraction of sp³-hybridized carbons (Fsp3) is 0.600. The summed E-state index contributed by atoms with van der Waals surface area (Å²) in [4.78, 5) is 0. The lowest BCUT2D eigenvalue weighted by Gasteiger charge is -2.39. The zero-order chi connectivity index (χ0) is 13.1. The minimum absolute atomic E-state index is 0.0147. The van der Waals surface area contributed by atoms with Crippen molar-refractivity contribution in [3.05, 3.63) is 29.8 Å². The molecule has 0 bridgehead atoms. The van der Waals surface area contributed by atoms with Crippen LogP contribution in [0.4, 0.5) is 0 Å². The van der Waals surface area contributed by atoms with Crippen LogP contribution in [0.25, 0.3) is 0 Å². The van der Waals surface area contributed by atoms with Crippen LogP contribution in [0.5, 0.6) is 5.75 Å². The van der Waals surface area contributed by atoms with Crippen LogP contribution in [0.1, 0.15) is 38.2 Å². The number of benzene rings is 1. The second-order valence-electron chi connectivity index (χ2n) is 4.99. The zero-order valence-corrected chi connectivity index (χ0v) is 12.0. The van der Waals surface area contributed by atoms with E-state index in [9.17, 15) is 0 Å². The molecule has 0 aliphatic heterocycles. The number of halogens is 1. The van der Waals surface area contributed by atoms with E-state index in [4.69, 9.17) is 21.1 Å². The van der Waals surface area contributed by atoms with E-state index < -0.39 is 0 Å². The number of rotatable bonds is 5. The van der Waals surface area contributed by atoms with Crippen LogP contribution in [0.3, 0.4) is 0 Å². The van der Waals surface area contributed by atoms with Crippen molar-refractivity contribution in [3.8, 4) is 5.75 Å². The maximum absolute atomic E-state index is 6.06. The molecule has 1 aromatic rings. The van der Waals surface area contributed by atoms with Crippen molar-refractivity contribution >= 4 is 11.6 Å². The van der Waals surface area contributed by atoms with Crippen LogP contribution in [-0.2, 0) is 4.74 Å². The maximum atomic E-state index is 6.06. The molecule has 0 amide bonds. The number of hydrogen-bond donors (Lipinski definition) is 0. The first-order chi connectivity index (χ1) is 8.65. The molecule has 1 aliphatic carbocycles. The third-order valence-electron chi connectivity index (χ3n) is 3.80. The van der Waals surface area contributed by atoms with Gasteiger partial charge in [-0.05, 0) is 30.0 Å². The lowest BCUT2D eigenvalue weighted by molar-refractivity contribution is -0.0583. The summed E-state index contributed by atoms with van der Waals surface area (Å²) < 4.78 is 11.2. The highest BCUT2D eigenvalue weighted by Gasteiger charge is 2.42. The van der Waals surface area contributed by atoms with Gasteiger partial charge in [0.15, 0.2) is 0 Å². The van der Waals surface area contributed by atoms with Crippen LogP contribution in [-0.4, -0.2) is 24.7 Å². The van der Waals surface area contributed by atoms with E-state index in [-0.39, 0.29) is 17.6 Å². The number of hydrogen-bond acceptors (Lipinski definition) is 2. The Kier molecular flexibility index (Phi) is 4.52. The Bertz CT molecular complexity index is 377. The van der Waals surface area contributed by atoms with Gasteiger partial charge in [-0.15, -0.1) is 11.6 Å². The third kappa shape index (κ3) is 2.81. The van der Waals surface area contributed by atoms with Gasteiger partial charge in [0.25, 0.3) is 0 Å². The fourth-order valence-corrected chi connectivity index (χ4v) is 2.67. The van der Waals surface area contributed by atoms with Crippen LogP contribution in [0.15, 0.2) is 24.3 Å². The molecule has 0 aromatic heterocycles. The third-order valence-corrected chi connectivity index (χ3v) is 4.23. The van der Waals surface area contributed by atoms with Gasteiger partial charge in [-0.1, -0.05) is 26.0 Å². The molecule has 0 heterocycles. The first-order valence-corrected chi connectivity index (χ1v) is 7.02. The van der Waals surface area contributed by atoms with E-state index in [1.807, 2.05) is 12.1 Å². The molecule has 1 aromatic carbocycles. The second kappa shape index (κ2) is 5.94. The predicted octanol–water partition coefficient (Wildman–Crippen LogP) is 3.97. The van der Waals surface area contributed by atoms with E-state index >= 15 is 0 Å². The first-order valence-electron chi connectivity index (χ1n) is 6.59. The molecule has 2 rings (SSSR count). The lowest BCUT2D eigenvalue weighted by atomic mass is 9.91. The van der Waals surface area contributed by atoms with Gasteiger partial charge in [0.1, 0.15) is 18.0 Å².